The van der Waals surface area contributed by atoms with E-state index in [1.165, 1.54) is 0 Å². The lowest BCUT2D eigenvalue weighted by Gasteiger charge is -2.20. The van der Waals surface area contributed by atoms with E-state index < -0.39 is 15.7 Å². The standard InChI is InChI=1S/C9H14N4O3S2/c10-7-6(8(11)14)9(17-12-7)13-2-1-4-18(15,16)5-3-13/h1-5H2,(H2,10,12)(H2,11,14). The zero-order valence-corrected chi connectivity index (χ0v) is 11.3. The van der Waals surface area contributed by atoms with Crippen LogP contribution in [0, 0.1) is 0 Å². The first-order chi connectivity index (χ1) is 8.41. The highest BCUT2D eigenvalue weighted by Gasteiger charge is 2.25. The Morgan fingerprint density at radius 2 is 2.06 bits per heavy atom. The van der Waals surface area contributed by atoms with Crippen LogP contribution in [0.15, 0.2) is 0 Å². The van der Waals surface area contributed by atoms with Crippen LogP contribution in [0.4, 0.5) is 10.8 Å². The number of nitrogen functional groups attached to an aromatic ring is 1. The average molecular weight is 290 g/mol. The average Bonchev–Trinajstić information content (AvgIpc) is 2.55. The maximum Gasteiger partial charge on any atom is 0.255 e. The molecule has 0 radical (unpaired) electrons. The molecule has 9 heteroatoms. The van der Waals surface area contributed by atoms with E-state index in [-0.39, 0.29) is 22.9 Å². The second-order valence-electron chi connectivity index (χ2n) is 4.10. The van der Waals surface area contributed by atoms with Gasteiger partial charge < -0.3 is 16.4 Å². The number of hydrogen-bond acceptors (Lipinski definition) is 7. The molecule has 1 amide bonds. The van der Waals surface area contributed by atoms with Gasteiger partial charge >= 0.3 is 0 Å². The van der Waals surface area contributed by atoms with Gasteiger partial charge in [0.15, 0.2) is 15.7 Å². The molecular formula is C9H14N4O3S2. The molecule has 1 aliphatic rings. The highest BCUT2D eigenvalue weighted by atomic mass is 32.2. The van der Waals surface area contributed by atoms with Crippen LogP contribution in [0.5, 0.6) is 0 Å². The molecule has 0 aliphatic carbocycles. The first kappa shape index (κ1) is 13.1. The second-order valence-corrected chi connectivity index (χ2v) is 7.16. The van der Waals surface area contributed by atoms with Gasteiger partial charge in [0.2, 0.25) is 0 Å². The lowest BCUT2D eigenvalue weighted by Crippen LogP contribution is -2.28. The van der Waals surface area contributed by atoms with Crippen LogP contribution in [0.2, 0.25) is 0 Å². The number of sulfone groups is 1. The predicted molar refractivity (Wildman–Crippen MR) is 70.5 cm³/mol. The summed E-state index contributed by atoms with van der Waals surface area (Å²) >= 11 is 1.08. The molecule has 4 N–H and O–H groups in total. The van der Waals surface area contributed by atoms with Crippen molar-refractivity contribution in [2.24, 2.45) is 5.73 Å². The molecule has 0 unspecified atom stereocenters. The number of rotatable bonds is 2. The molecule has 1 saturated heterocycles. The van der Waals surface area contributed by atoms with Gasteiger partial charge in [-0.25, -0.2) is 8.42 Å². The molecule has 1 aromatic heterocycles. The van der Waals surface area contributed by atoms with E-state index in [1.54, 1.807) is 0 Å². The third-order valence-corrected chi connectivity index (χ3v) is 5.43. The summed E-state index contributed by atoms with van der Waals surface area (Å²) in [4.78, 5) is 13.1. The molecule has 1 fully saturated rings. The van der Waals surface area contributed by atoms with Gasteiger partial charge in [0.1, 0.15) is 10.6 Å². The highest BCUT2D eigenvalue weighted by Crippen LogP contribution is 2.30. The molecule has 0 saturated carbocycles. The Bertz CT molecular complexity index is 566. The Morgan fingerprint density at radius 3 is 2.72 bits per heavy atom. The van der Waals surface area contributed by atoms with Gasteiger partial charge in [-0.05, 0) is 18.0 Å². The summed E-state index contributed by atoms with van der Waals surface area (Å²) in [5.41, 5.74) is 11.1. The molecule has 100 valence electrons. The Labute approximate surface area is 109 Å². The number of aromatic nitrogens is 1. The van der Waals surface area contributed by atoms with E-state index in [0.717, 1.165) is 11.5 Å². The summed E-state index contributed by atoms with van der Waals surface area (Å²) in [5, 5.41) is 0.567. The Balaban J connectivity index is 2.30. The van der Waals surface area contributed by atoms with E-state index in [9.17, 15) is 13.2 Å². The van der Waals surface area contributed by atoms with Gasteiger partial charge in [-0.1, -0.05) is 0 Å². The number of nitrogens with zero attached hydrogens (tertiary/aromatic N) is 2. The van der Waals surface area contributed by atoms with Gasteiger partial charge in [-0.15, -0.1) is 0 Å². The van der Waals surface area contributed by atoms with Crippen molar-refractivity contribution >= 4 is 38.1 Å². The summed E-state index contributed by atoms with van der Waals surface area (Å²) in [6.07, 6.45) is 0.526. The molecule has 2 heterocycles. The smallest absolute Gasteiger partial charge is 0.255 e. The van der Waals surface area contributed by atoms with Crippen molar-refractivity contribution in [3.8, 4) is 0 Å². The number of anilines is 2. The first-order valence-corrected chi connectivity index (χ1v) is 8.00. The van der Waals surface area contributed by atoms with E-state index in [0.29, 0.717) is 24.5 Å². The zero-order chi connectivity index (χ0) is 13.3. The fourth-order valence-electron chi connectivity index (χ4n) is 1.88. The summed E-state index contributed by atoms with van der Waals surface area (Å²) in [7, 11) is -2.99. The monoisotopic (exact) mass is 290 g/mol. The van der Waals surface area contributed by atoms with Gasteiger partial charge in [0.25, 0.3) is 5.91 Å². The highest BCUT2D eigenvalue weighted by molar-refractivity contribution is 7.91. The fourth-order valence-corrected chi connectivity index (χ4v) is 4.02. The van der Waals surface area contributed by atoms with Gasteiger partial charge in [-0.2, -0.15) is 4.37 Å². The van der Waals surface area contributed by atoms with Crippen molar-refractivity contribution in [2.45, 2.75) is 6.42 Å². The maximum absolute atomic E-state index is 11.5. The van der Waals surface area contributed by atoms with Crippen LogP contribution in [0.3, 0.4) is 0 Å². The summed E-state index contributed by atoms with van der Waals surface area (Å²) in [5.74, 6) is -0.287. The number of nitrogens with two attached hydrogens (primary N) is 2. The SMILES string of the molecule is NC(=O)c1c(N)nsc1N1CCCS(=O)(=O)CC1. The Morgan fingerprint density at radius 1 is 1.33 bits per heavy atom. The van der Waals surface area contributed by atoms with Crippen LogP contribution < -0.4 is 16.4 Å². The van der Waals surface area contributed by atoms with Crippen LogP contribution in [0.25, 0.3) is 0 Å². The van der Waals surface area contributed by atoms with Crippen molar-refractivity contribution in [1.82, 2.24) is 4.37 Å². The van der Waals surface area contributed by atoms with E-state index in [1.807, 2.05) is 4.90 Å². The topological polar surface area (TPSA) is 119 Å². The van der Waals surface area contributed by atoms with Crippen molar-refractivity contribution < 1.29 is 13.2 Å². The van der Waals surface area contributed by atoms with Gasteiger partial charge in [-0.3, -0.25) is 4.79 Å². The number of amides is 1. The molecule has 18 heavy (non-hydrogen) atoms. The van der Waals surface area contributed by atoms with Crippen LogP contribution in [-0.4, -0.2) is 43.3 Å². The van der Waals surface area contributed by atoms with Crippen LogP contribution >= 0.6 is 11.5 Å². The number of carbonyl (C=O) groups is 1. The quantitative estimate of drug-likeness (QED) is 0.754. The van der Waals surface area contributed by atoms with Gasteiger partial charge in [0.05, 0.1) is 11.5 Å². The second kappa shape index (κ2) is 4.73. The molecule has 0 aromatic carbocycles. The van der Waals surface area contributed by atoms with Crippen molar-refractivity contribution in [1.29, 1.82) is 0 Å². The minimum Gasteiger partial charge on any atom is -0.382 e. The zero-order valence-electron chi connectivity index (χ0n) is 9.63. The van der Waals surface area contributed by atoms with E-state index in [2.05, 4.69) is 4.37 Å². The largest absolute Gasteiger partial charge is 0.382 e. The number of primary amides is 1. The maximum atomic E-state index is 11.5. The molecule has 0 spiro atoms. The summed E-state index contributed by atoms with van der Waals surface area (Å²) in [6, 6.07) is 0. The number of hydrogen-bond donors (Lipinski definition) is 2. The Hall–Kier alpha value is -1.35. The third-order valence-electron chi connectivity index (χ3n) is 2.79. The first-order valence-electron chi connectivity index (χ1n) is 5.41. The minimum absolute atomic E-state index is 0.0724. The van der Waals surface area contributed by atoms with Crippen molar-refractivity contribution in [2.75, 3.05) is 35.2 Å². The van der Waals surface area contributed by atoms with Gasteiger partial charge in [0, 0.05) is 13.1 Å². The lowest BCUT2D eigenvalue weighted by atomic mass is 10.2. The predicted octanol–water partition coefficient (Wildman–Crippen LogP) is -0.551. The van der Waals surface area contributed by atoms with Crippen molar-refractivity contribution in [3.05, 3.63) is 5.56 Å². The summed E-state index contributed by atoms with van der Waals surface area (Å²) in [6.45, 7) is 0.894. The molecule has 2 rings (SSSR count). The van der Waals surface area contributed by atoms with Crippen LogP contribution in [0.1, 0.15) is 16.8 Å². The molecule has 1 aromatic rings. The normalized spacial score (nSPS) is 19.4. The van der Waals surface area contributed by atoms with E-state index >= 15 is 0 Å². The fraction of sp³-hybridized carbons (Fsp3) is 0.556. The molecule has 0 bridgehead atoms. The summed E-state index contributed by atoms with van der Waals surface area (Å²) < 4.78 is 26.9. The van der Waals surface area contributed by atoms with Crippen LogP contribution in [-0.2, 0) is 9.84 Å². The lowest BCUT2D eigenvalue weighted by molar-refractivity contribution is 0.100. The molecule has 7 nitrogen and oxygen atoms in total. The third kappa shape index (κ3) is 2.56. The minimum atomic E-state index is -2.99. The van der Waals surface area contributed by atoms with Crippen molar-refractivity contribution in [3.63, 3.8) is 0 Å². The number of carbonyl (C=O) groups excluding carboxylic acids is 1. The molecule has 0 atom stereocenters. The van der Waals surface area contributed by atoms with E-state index in [4.69, 9.17) is 11.5 Å². The molecule has 1 aliphatic heterocycles. The Kier molecular flexibility index (Phi) is 3.44. The molecular weight excluding hydrogens is 276 g/mol.